The Balaban J connectivity index is 1.82. The van der Waals surface area contributed by atoms with Crippen LogP contribution in [0, 0.1) is 0 Å². The fourth-order valence-electron chi connectivity index (χ4n) is 5.05. The van der Waals surface area contributed by atoms with Gasteiger partial charge in [-0.2, -0.15) is 0 Å². The Bertz CT molecular complexity index is 942. The van der Waals surface area contributed by atoms with Gasteiger partial charge in [-0.05, 0) is 0 Å². The monoisotopic (exact) mass is 633 g/mol. The summed E-state index contributed by atoms with van der Waals surface area (Å²) in [7, 11) is 0. The van der Waals surface area contributed by atoms with E-state index >= 15 is 0 Å². The molecule has 0 aromatic carbocycles. The van der Waals surface area contributed by atoms with E-state index in [0.29, 0.717) is 0 Å². The van der Waals surface area contributed by atoms with Crippen molar-refractivity contribution in [3.63, 3.8) is 0 Å². The van der Waals surface area contributed by atoms with Crippen molar-refractivity contribution in [2.45, 2.75) is 111 Å². The van der Waals surface area contributed by atoms with Crippen LogP contribution in [-0.4, -0.2) is 191 Å². The van der Waals surface area contributed by atoms with Crippen LogP contribution >= 0.6 is 0 Å². The van der Waals surface area contributed by atoms with E-state index in [2.05, 4.69) is 5.32 Å². The predicted molar refractivity (Wildman–Crippen MR) is 130 cm³/mol. The standard InChI is InChI=1S/C23H39NO19/c1-6(27)24-11-7(28)2-23(22(37)38,43-19(11)12(30)8(29)3-25)39-5-10-13(31)14(32)17(35)21(41-10)42-18-9(4-26)40-20(36)16(34)15(18)33/h7-21,25-26,28-36H,2-5H2,1H3,(H,24,27)(H,37,38)/t7-,8+,9+,10-,11+,12+,13-,14-,15+,16+,17+,18+,19+,20?,21-,23-/m0/s1. The molecule has 3 fully saturated rings. The minimum Gasteiger partial charge on any atom is -0.477 e. The maximum atomic E-state index is 12.3. The molecule has 0 saturated carbocycles. The molecule has 3 aliphatic rings. The lowest BCUT2D eigenvalue weighted by molar-refractivity contribution is -0.364. The van der Waals surface area contributed by atoms with Gasteiger partial charge >= 0.3 is 5.97 Å². The van der Waals surface area contributed by atoms with Crippen LogP contribution < -0.4 is 5.32 Å². The van der Waals surface area contributed by atoms with Gasteiger partial charge in [0.1, 0.15) is 67.1 Å². The van der Waals surface area contributed by atoms with E-state index in [1.165, 1.54) is 0 Å². The number of rotatable bonds is 11. The highest BCUT2D eigenvalue weighted by Crippen LogP contribution is 2.35. The minimum atomic E-state index is -2.83. The number of hydrogen-bond acceptors (Lipinski definition) is 18. The molecule has 0 aromatic rings. The number of carbonyl (C=O) groups excluding carboxylic acids is 1. The first kappa shape index (κ1) is 35.8. The average molecular weight is 634 g/mol. The van der Waals surface area contributed by atoms with Crippen molar-refractivity contribution in [3.05, 3.63) is 0 Å². The first-order valence-electron chi connectivity index (χ1n) is 13.2. The van der Waals surface area contributed by atoms with Crippen molar-refractivity contribution >= 4 is 11.9 Å². The summed E-state index contributed by atoms with van der Waals surface area (Å²) in [6, 6.07) is -1.48. The van der Waals surface area contributed by atoms with E-state index in [-0.39, 0.29) is 0 Å². The van der Waals surface area contributed by atoms with Crippen LogP contribution in [-0.2, 0) is 33.3 Å². The smallest absolute Gasteiger partial charge is 0.364 e. The molecule has 0 aliphatic carbocycles. The number of ether oxygens (including phenoxy) is 5. The summed E-state index contributed by atoms with van der Waals surface area (Å²) >= 11 is 0. The van der Waals surface area contributed by atoms with Gasteiger partial charge in [0.2, 0.25) is 5.91 Å². The molecule has 3 rings (SSSR count). The number of nitrogens with one attached hydrogen (secondary N) is 1. The first-order chi connectivity index (χ1) is 20.1. The van der Waals surface area contributed by atoms with E-state index in [1.54, 1.807) is 0 Å². The van der Waals surface area contributed by atoms with Crippen LogP contribution in [0.5, 0.6) is 0 Å². The zero-order valence-corrected chi connectivity index (χ0v) is 22.7. The predicted octanol–water partition coefficient (Wildman–Crippen LogP) is -8.22. The van der Waals surface area contributed by atoms with Gasteiger partial charge in [0.25, 0.3) is 5.79 Å². The van der Waals surface area contributed by atoms with Crippen molar-refractivity contribution in [2.75, 3.05) is 19.8 Å². The van der Waals surface area contributed by atoms with E-state index in [4.69, 9.17) is 23.7 Å². The maximum absolute atomic E-state index is 12.3. The lowest BCUT2D eigenvalue weighted by Gasteiger charge is -2.48. The Morgan fingerprint density at radius 1 is 0.930 bits per heavy atom. The van der Waals surface area contributed by atoms with Crippen molar-refractivity contribution in [1.82, 2.24) is 5.32 Å². The molecule has 0 spiro atoms. The molecule has 0 bridgehead atoms. The topological polar surface area (TPSA) is 335 Å². The van der Waals surface area contributed by atoms with Crippen molar-refractivity contribution in [2.24, 2.45) is 0 Å². The van der Waals surface area contributed by atoms with Crippen LogP contribution in [0.25, 0.3) is 0 Å². The lowest BCUT2D eigenvalue weighted by Crippen LogP contribution is -2.68. The number of aliphatic carboxylic acids is 1. The molecule has 1 amide bonds. The second-order valence-electron chi connectivity index (χ2n) is 10.5. The number of aliphatic hydroxyl groups is 11. The molecule has 3 saturated heterocycles. The first-order valence-corrected chi connectivity index (χ1v) is 13.2. The maximum Gasteiger partial charge on any atom is 0.364 e. The van der Waals surface area contributed by atoms with Gasteiger partial charge in [0, 0.05) is 13.3 Å². The summed E-state index contributed by atoms with van der Waals surface area (Å²) in [6.45, 7) is -1.76. The van der Waals surface area contributed by atoms with Crippen molar-refractivity contribution in [1.29, 1.82) is 0 Å². The van der Waals surface area contributed by atoms with E-state index in [0.717, 1.165) is 6.92 Å². The molecule has 1 unspecified atom stereocenters. The van der Waals surface area contributed by atoms with Gasteiger partial charge < -0.3 is 90.3 Å². The van der Waals surface area contributed by atoms with Crippen LogP contribution in [0.4, 0.5) is 0 Å². The number of aliphatic hydroxyl groups excluding tert-OH is 11. The van der Waals surface area contributed by atoms with Gasteiger partial charge in [-0.3, -0.25) is 4.79 Å². The highest BCUT2D eigenvalue weighted by atomic mass is 16.8. The summed E-state index contributed by atoms with van der Waals surface area (Å²) < 4.78 is 26.7. The lowest BCUT2D eigenvalue weighted by atomic mass is 9.88. The summed E-state index contributed by atoms with van der Waals surface area (Å²) in [5.74, 6) is -5.42. The van der Waals surface area contributed by atoms with Gasteiger partial charge in [0.05, 0.1) is 32.0 Å². The highest BCUT2D eigenvalue weighted by Gasteiger charge is 2.57. The van der Waals surface area contributed by atoms with Crippen LogP contribution in [0.3, 0.4) is 0 Å². The van der Waals surface area contributed by atoms with Gasteiger partial charge in [0.15, 0.2) is 12.6 Å². The molecule has 43 heavy (non-hydrogen) atoms. The summed E-state index contributed by atoms with van der Waals surface area (Å²) in [4.78, 5) is 24.0. The SMILES string of the molecule is CC(=O)N[C@H]1[C@H]([C@H](O)[C@H](O)CO)O[C@](OC[C@@H]2O[C@@H](O[C@H]3[C@H](O)[C@@H](O)C(O)O[C@@H]3CO)[C@H](O)[C@@H](O)[C@H]2O)(C(=O)O)C[C@@H]1O. The zero-order chi connectivity index (χ0) is 32.4. The number of hydrogen-bond donors (Lipinski definition) is 13. The third-order valence-electron chi connectivity index (χ3n) is 7.47. The van der Waals surface area contributed by atoms with Crippen LogP contribution in [0.1, 0.15) is 13.3 Å². The Labute approximate surface area is 243 Å². The third-order valence-corrected chi connectivity index (χ3v) is 7.47. The van der Waals surface area contributed by atoms with Crippen LogP contribution in [0.2, 0.25) is 0 Å². The summed E-state index contributed by atoms with van der Waals surface area (Å²) in [5, 5.41) is 123. The van der Waals surface area contributed by atoms with Gasteiger partial charge in [-0.15, -0.1) is 0 Å². The quantitative estimate of drug-likeness (QED) is 0.100. The number of carbonyl (C=O) groups is 2. The Morgan fingerprint density at radius 2 is 1.58 bits per heavy atom. The molecule has 0 aromatic heterocycles. The highest BCUT2D eigenvalue weighted by molar-refractivity contribution is 5.76. The van der Waals surface area contributed by atoms with Crippen LogP contribution in [0.15, 0.2) is 0 Å². The molecule has 3 aliphatic heterocycles. The Kier molecular flexibility index (Phi) is 12.1. The molecular formula is C23H39NO19. The Hall–Kier alpha value is -1.70. The second kappa shape index (κ2) is 14.6. The largest absolute Gasteiger partial charge is 0.477 e. The summed E-state index contributed by atoms with van der Waals surface area (Å²) in [5.41, 5.74) is 0. The molecule has 13 N–H and O–H groups in total. The van der Waals surface area contributed by atoms with Gasteiger partial charge in [-0.25, -0.2) is 4.79 Å². The third kappa shape index (κ3) is 7.58. The number of amides is 1. The molecule has 20 nitrogen and oxygen atoms in total. The van der Waals surface area contributed by atoms with E-state index in [9.17, 15) is 70.9 Å². The number of carboxylic acid groups (broad SMARTS) is 1. The van der Waals surface area contributed by atoms with Crippen molar-refractivity contribution in [3.8, 4) is 0 Å². The second-order valence-corrected chi connectivity index (χ2v) is 10.5. The normalized spacial score (nSPS) is 45.3. The molecule has 3 heterocycles. The molecular weight excluding hydrogens is 594 g/mol. The number of carboxylic acids is 1. The Morgan fingerprint density at radius 3 is 2.14 bits per heavy atom. The zero-order valence-electron chi connectivity index (χ0n) is 22.7. The van der Waals surface area contributed by atoms with E-state index in [1.807, 2.05) is 0 Å². The molecule has 20 heteroatoms. The fraction of sp³-hybridized carbons (Fsp3) is 0.913. The fourth-order valence-corrected chi connectivity index (χ4v) is 5.05. The van der Waals surface area contributed by atoms with E-state index < -0.39 is 136 Å². The minimum absolute atomic E-state index is 0.719. The molecule has 16 atom stereocenters. The molecule has 0 radical (unpaired) electrons. The van der Waals surface area contributed by atoms with Crippen molar-refractivity contribution < 1.29 is 94.6 Å². The average Bonchev–Trinajstić information content (AvgIpc) is 2.96. The molecule has 250 valence electrons. The van der Waals surface area contributed by atoms with Gasteiger partial charge in [-0.1, -0.05) is 0 Å². The summed E-state index contributed by atoms with van der Waals surface area (Å²) in [6.07, 6.45) is -27.0.